The van der Waals surface area contributed by atoms with E-state index in [0.29, 0.717) is 11.1 Å². The Morgan fingerprint density at radius 3 is 2.74 bits per heavy atom. The summed E-state index contributed by atoms with van der Waals surface area (Å²) in [5.74, 6) is 0.857. The van der Waals surface area contributed by atoms with Crippen LogP contribution in [0, 0.1) is 5.92 Å². The molecular formula is C24H29N3O2S2. The van der Waals surface area contributed by atoms with E-state index in [1.807, 2.05) is 30.3 Å². The smallest absolute Gasteiger partial charge is 0.267 e. The number of nitrogens with one attached hydrogen (secondary N) is 1. The van der Waals surface area contributed by atoms with E-state index in [2.05, 4.69) is 26.1 Å². The zero-order valence-electron chi connectivity index (χ0n) is 18.3. The van der Waals surface area contributed by atoms with Gasteiger partial charge in [0, 0.05) is 10.9 Å². The van der Waals surface area contributed by atoms with Gasteiger partial charge in [-0.1, -0.05) is 50.7 Å². The summed E-state index contributed by atoms with van der Waals surface area (Å²) in [6.45, 7) is 6.41. The number of amides is 1. The van der Waals surface area contributed by atoms with Gasteiger partial charge in [-0.05, 0) is 55.7 Å². The molecule has 1 aliphatic carbocycles. The molecule has 0 bridgehead atoms. The van der Waals surface area contributed by atoms with Crippen LogP contribution in [0.3, 0.4) is 0 Å². The Kier molecular flexibility index (Phi) is 6.82. The third-order valence-corrected chi connectivity index (χ3v) is 8.08. The molecule has 4 rings (SSSR count). The molecule has 0 spiro atoms. The standard InChI is InChI=1S/C24H29N3O2S2/c1-4-16(5-2)25-20(28)14-30-24-26-22-21(18-12-11-15(3)13-19(18)31-22)23(29)27(24)17-9-7-6-8-10-17/h6-10,15-16H,4-5,11-14H2,1-3H3,(H,25,28). The number of thioether (sulfide) groups is 1. The van der Waals surface area contributed by atoms with Gasteiger partial charge < -0.3 is 5.32 Å². The molecule has 164 valence electrons. The van der Waals surface area contributed by atoms with E-state index in [0.717, 1.165) is 48.0 Å². The van der Waals surface area contributed by atoms with Crippen LogP contribution in [0.15, 0.2) is 40.3 Å². The van der Waals surface area contributed by atoms with E-state index in [9.17, 15) is 9.59 Å². The van der Waals surface area contributed by atoms with Gasteiger partial charge in [-0.3, -0.25) is 14.2 Å². The second-order valence-electron chi connectivity index (χ2n) is 8.27. The fourth-order valence-corrected chi connectivity index (χ4v) is 6.41. The van der Waals surface area contributed by atoms with Crippen LogP contribution in [-0.2, 0) is 17.6 Å². The van der Waals surface area contributed by atoms with Crippen molar-refractivity contribution in [3.8, 4) is 5.69 Å². The molecule has 0 aliphatic heterocycles. The average molecular weight is 456 g/mol. The van der Waals surface area contributed by atoms with Crippen LogP contribution in [0.1, 0.15) is 50.5 Å². The van der Waals surface area contributed by atoms with Crippen molar-refractivity contribution < 1.29 is 4.79 Å². The molecule has 1 aromatic carbocycles. The Morgan fingerprint density at radius 2 is 2.03 bits per heavy atom. The summed E-state index contributed by atoms with van der Waals surface area (Å²) < 4.78 is 1.68. The van der Waals surface area contributed by atoms with Gasteiger partial charge in [-0.15, -0.1) is 11.3 Å². The minimum absolute atomic E-state index is 0.0213. The maximum atomic E-state index is 13.7. The van der Waals surface area contributed by atoms with Crippen molar-refractivity contribution >= 4 is 39.2 Å². The number of para-hydroxylation sites is 1. The highest BCUT2D eigenvalue weighted by molar-refractivity contribution is 7.99. The summed E-state index contributed by atoms with van der Waals surface area (Å²) in [6, 6.07) is 9.81. The minimum atomic E-state index is -0.0221. The number of hydrogen-bond donors (Lipinski definition) is 1. The first kappa shape index (κ1) is 22.1. The van der Waals surface area contributed by atoms with Gasteiger partial charge in [0.1, 0.15) is 4.83 Å². The number of carbonyl (C=O) groups excluding carboxylic acids is 1. The normalized spacial score (nSPS) is 15.9. The lowest BCUT2D eigenvalue weighted by Crippen LogP contribution is -2.35. The summed E-state index contributed by atoms with van der Waals surface area (Å²) in [5, 5.41) is 4.41. The predicted molar refractivity (Wildman–Crippen MR) is 130 cm³/mol. The number of aromatic nitrogens is 2. The van der Waals surface area contributed by atoms with Gasteiger partial charge >= 0.3 is 0 Å². The lowest BCUT2D eigenvalue weighted by molar-refractivity contribution is -0.119. The Morgan fingerprint density at radius 1 is 1.29 bits per heavy atom. The van der Waals surface area contributed by atoms with Crippen molar-refractivity contribution in [3.05, 3.63) is 51.1 Å². The molecule has 1 amide bonds. The van der Waals surface area contributed by atoms with Crippen LogP contribution in [0.25, 0.3) is 15.9 Å². The number of hydrogen-bond acceptors (Lipinski definition) is 5. The van der Waals surface area contributed by atoms with Crippen LogP contribution in [0.4, 0.5) is 0 Å². The van der Waals surface area contributed by atoms with Crippen LogP contribution >= 0.6 is 23.1 Å². The molecule has 1 N–H and O–H groups in total. The Hall–Kier alpha value is -2.12. The van der Waals surface area contributed by atoms with E-state index >= 15 is 0 Å². The second kappa shape index (κ2) is 9.57. The summed E-state index contributed by atoms with van der Waals surface area (Å²) in [4.78, 5) is 33.2. The van der Waals surface area contributed by atoms with Crippen molar-refractivity contribution in [3.63, 3.8) is 0 Å². The van der Waals surface area contributed by atoms with Gasteiger partial charge in [0.2, 0.25) is 5.91 Å². The molecule has 1 aliphatic rings. The number of benzene rings is 1. The van der Waals surface area contributed by atoms with E-state index in [-0.39, 0.29) is 23.3 Å². The van der Waals surface area contributed by atoms with E-state index in [1.165, 1.54) is 22.2 Å². The minimum Gasteiger partial charge on any atom is -0.353 e. The molecular weight excluding hydrogens is 426 g/mol. The maximum Gasteiger partial charge on any atom is 0.267 e. The number of rotatable bonds is 7. The summed E-state index contributed by atoms with van der Waals surface area (Å²) in [7, 11) is 0. The average Bonchev–Trinajstić information content (AvgIpc) is 3.14. The molecule has 7 heteroatoms. The number of nitrogens with zero attached hydrogens (tertiary/aromatic N) is 2. The van der Waals surface area contributed by atoms with Crippen LogP contribution < -0.4 is 10.9 Å². The van der Waals surface area contributed by atoms with E-state index in [4.69, 9.17) is 4.98 Å². The van der Waals surface area contributed by atoms with E-state index in [1.54, 1.807) is 15.9 Å². The number of aryl methyl sites for hydroxylation is 1. The van der Waals surface area contributed by atoms with Gasteiger partial charge in [0.25, 0.3) is 5.56 Å². The molecule has 3 aromatic rings. The van der Waals surface area contributed by atoms with Crippen molar-refractivity contribution in [2.24, 2.45) is 5.92 Å². The summed E-state index contributed by atoms with van der Waals surface area (Å²) >= 11 is 2.98. The van der Waals surface area contributed by atoms with Crippen molar-refractivity contribution in [2.45, 2.75) is 64.1 Å². The maximum absolute atomic E-state index is 13.7. The molecule has 0 radical (unpaired) electrons. The lowest BCUT2D eigenvalue weighted by atomic mass is 9.89. The van der Waals surface area contributed by atoms with Crippen LogP contribution in [-0.4, -0.2) is 27.3 Å². The van der Waals surface area contributed by atoms with Crippen LogP contribution in [0.2, 0.25) is 0 Å². The summed E-state index contributed by atoms with van der Waals surface area (Å²) in [5.41, 5.74) is 1.95. The quantitative estimate of drug-likeness (QED) is 0.404. The topological polar surface area (TPSA) is 64.0 Å². The molecule has 0 saturated heterocycles. The Bertz CT molecular complexity index is 1130. The van der Waals surface area contributed by atoms with Gasteiger partial charge in [0.15, 0.2) is 5.16 Å². The Balaban J connectivity index is 1.75. The molecule has 5 nitrogen and oxygen atoms in total. The fourth-order valence-electron chi connectivity index (χ4n) is 4.17. The molecule has 2 aromatic heterocycles. The number of thiophene rings is 1. The first-order chi connectivity index (χ1) is 15.0. The fraction of sp³-hybridized carbons (Fsp3) is 0.458. The van der Waals surface area contributed by atoms with E-state index < -0.39 is 0 Å². The molecule has 1 unspecified atom stereocenters. The summed E-state index contributed by atoms with van der Waals surface area (Å²) in [6.07, 6.45) is 4.88. The third-order valence-electron chi connectivity index (χ3n) is 6.00. The van der Waals surface area contributed by atoms with Crippen molar-refractivity contribution in [1.29, 1.82) is 0 Å². The highest BCUT2D eigenvalue weighted by Gasteiger charge is 2.25. The first-order valence-electron chi connectivity index (χ1n) is 11.1. The largest absolute Gasteiger partial charge is 0.353 e. The Labute approximate surface area is 191 Å². The zero-order chi connectivity index (χ0) is 22.0. The highest BCUT2D eigenvalue weighted by atomic mass is 32.2. The zero-order valence-corrected chi connectivity index (χ0v) is 19.9. The SMILES string of the molecule is CCC(CC)NC(=O)CSc1nc2sc3c(c2c(=O)n1-c1ccccc1)CCC(C)C3. The number of carbonyl (C=O) groups is 1. The highest BCUT2D eigenvalue weighted by Crippen LogP contribution is 2.37. The molecule has 31 heavy (non-hydrogen) atoms. The molecule has 0 fully saturated rings. The molecule has 0 saturated carbocycles. The predicted octanol–water partition coefficient (Wildman–Crippen LogP) is 4.97. The van der Waals surface area contributed by atoms with Gasteiger partial charge in [0.05, 0.1) is 16.8 Å². The monoisotopic (exact) mass is 455 g/mol. The lowest BCUT2D eigenvalue weighted by Gasteiger charge is -2.18. The third kappa shape index (κ3) is 4.58. The van der Waals surface area contributed by atoms with Crippen LogP contribution in [0.5, 0.6) is 0 Å². The first-order valence-corrected chi connectivity index (χ1v) is 12.9. The molecule has 2 heterocycles. The van der Waals surface area contributed by atoms with Gasteiger partial charge in [-0.25, -0.2) is 4.98 Å². The van der Waals surface area contributed by atoms with Crippen molar-refractivity contribution in [2.75, 3.05) is 5.75 Å². The number of fused-ring (bicyclic) bond motifs is 3. The van der Waals surface area contributed by atoms with Crippen molar-refractivity contribution in [1.82, 2.24) is 14.9 Å². The molecule has 1 atom stereocenters. The second-order valence-corrected chi connectivity index (χ2v) is 10.3. The van der Waals surface area contributed by atoms with Gasteiger partial charge in [-0.2, -0.15) is 0 Å².